The minimum atomic E-state index is -1.61. The molecule has 1 heteroatoms. The molecule has 1 spiro atoms. The molecule has 0 unspecified atom stereocenters. The summed E-state index contributed by atoms with van der Waals surface area (Å²) in [5.41, 5.74) is 10.1. The molecule has 29 heavy (non-hydrogen) atoms. The highest BCUT2D eigenvalue weighted by atomic mass is 28.3. The van der Waals surface area contributed by atoms with Gasteiger partial charge in [-0.15, -0.1) is 0 Å². The van der Waals surface area contributed by atoms with Gasteiger partial charge in [0.2, 0.25) is 0 Å². The van der Waals surface area contributed by atoms with Crippen LogP contribution in [-0.2, 0) is 5.41 Å². The van der Waals surface area contributed by atoms with Gasteiger partial charge in [-0.05, 0) is 40.3 Å². The summed E-state index contributed by atoms with van der Waals surface area (Å²) < 4.78 is 0. The van der Waals surface area contributed by atoms with Crippen molar-refractivity contribution in [3.63, 3.8) is 0 Å². The average molecular weight is 395 g/mol. The molecule has 0 fully saturated rings. The Labute approximate surface area is 176 Å². The molecule has 0 aromatic heterocycles. The molecule has 0 saturated heterocycles. The van der Waals surface area contributed by atoms with Crippen LogP contribution < -0.4 is 0 Å². The fourth-order valence-corrected chi connectivity index (χ4v) is 10.5. The molecule has 0 saturated carbocycles. The first-order valence-electron chi connectivity index (χ1n) is 11.2. The molecule has 0 nitrogen and oxygen atoms in total. The quantitative estimate of drug-likeness (QED) is 0.397. The highest BCUT2D eigenvalue weighted by molar-refractivity contribution is 6.87. The summed E-state index contributed by atoms with van der Waals surface area (Å²) in [5.74, 6) is 0. The maximum Gasteiger partial charge on any atom is 0.0828 e. The Balaban J connectivity index is 1.96. The number of rotatable bonds is 4. The van der Waals surface area contributed by atoms with Crippen LogP contribution in [0.5, 0.6) is 0 Å². The number of aryl methyl sites for hydroxylation is 1. The van der Waals surface area contributed by atoms with E-state index in [1.807, 2.05) is 0 Å². The van der Waals surface area contributed by atoms with Crippen molar-refractivity contribution in [3.8, 4) is 11.1 Å². The Morgan fingerprint density at radius 1 is 0.690 bits per heavy atom. The van der Waals surface area contributed by atoms with Gasteiger partial charge in [0.15, 0.2) is 0 Å². The standard InChI is InChI=1S/C28H30Si/c1-5-29(6-2,7-3)27-19-21-17-16-20(4)18-26(21)28(27)24-14-10-8-12-22(24)23-13-9-11-15-25(23)28/h8-19H,5-7H2,1-4H3. The van der Waals surface area contributed by atoms with E-state index in [0.717, 1.165) is 0 Å². The van der Waals surface area contributed by atoms with E-state index in [9.17, 15) is 0 Å². The molecule has 0 bridgehead atoms. The number of hydrogen-bond acceptors (Lipinski definition) is 0. The van der Waals surface area contributed by atoms with E-state index in [-0.39, 0.29) is 5.41 Å². The predicted octanol–water partition coefficient (Wildman–Crippen LogP) is 7.75. The van der Waals surface area contributed by atoms with Gasteiger partial charge < -0.3 is 0 Å². The second kappa shape index (κ2) is 6.57. The van der Waals surface area contributed by atoms with Crippen LogP contribution in [0.25, 0.3) is 17.2 Å². The molecule has 0 N–H and O–H groups in total. The summed E-state index contributed by atoms with van der Waals surface area (Å²) in [6.45, 7) is 9.56. The Hall–Kier alpha value is -2.38. The molecule has 3 aromatic rings. The van der Waals surface area contributed by atoms with Gasteiger partial charge in [-0.3, -0.25) is 0 Å². The molecular formula is C28H30Si. The van der Waals surface area contributed by atoms with E-state index in [2.05, 4.69) is 101 Å². The lowest BCUT2D eigenvalue weighted by atomic mass is 9.73. The molecule has 0 radical (unpaired) electrons. The summed E-state index contributed by atoms with van der Waals surface area (Å²) >= 11 is 0. The molecule has 2 aliphatic rings. The fraction of sp³-hybridized carbons (Fsp3) is 0.286. The van der Waals surface area contributed by atoms with Crippen LogP contribution in [-0.4, -0.2) is 8.07 Å². The monoisotopic (exact) mass is 394 g/mol. The highest BCUT2D eigenvalue weighted by Crippen LogP contribution is 2.62. The number of benzene rings is 3. The number of hydrogen-bond donors (Lipinski definition) is 0. The fourth-order valence-electron chi connectivity index (χ4n) is 6.22. The first-order valence-corrected chi connectivity index (χ1v) is 13.8. The topological polar surface area (TPSA) is 0 Å². The van der Waals surface area contributed by atoms with Crippen LogP contribution in [0.4, 0.5) is 0 Å². The zero-order valence-corrected chi connectivity index (χ0v) is 19.0. The lowest BCUT2D eigenvalue weighted by Crippen LogP contribution is -2.44. The minimum Gasteiger partial charge on any atom is -0.0675 e. The van der Waals surface area contributed by atoms with E-state index in [0.29, 0.717) is 0 Å². The third-order valence-corrected chi connectivity index (χ3v) is 13.6. The Bertz CT molecular complexity index is 1080. The van der Waals surface area contributed by atoms with E-state index in [1.54, 1.807) is 5.20 Å². The van der Waals surface area contributed by atoms with Crippen molar-refractivity contribution < 1.29 is 0 Å². The maximum absolute atomic E-state index is 2.61. The number of fused-ring (bicyclic) bond motifs is 7. The molecule has 0 amide bonds. The SMILES string of the molecule is CC[Si](CC)(CC)C1=Cc2ccc(C)cc2C12c1ccccc1-c1ccccc12. The lowest BCUT2D eigenvalue weighted by molar-refractivity contribution is 0.788. The van der Waals surface area contributed by atoms with Gasteiger partial charge in [0, 0.05) is 0 Å². The Kier molecular flexibility index (Phi) is 4.22. The normalized spacial score (nSPS) is 15.8. The second-order valence-electron chi connectivity index (χ2n) is 8.83. The van der Waals surface area contributed by atoms with Crippen LogP contribution in [0.3, 0.4) is 0 Å². The zero-order valence-electron chi connectivity index (χ0n) is 18.0. The predicted molar refractivity (Wildman–Crippen MR) is 128 cm³/mol. The Morgan fingerprint density at radius 3 is 1.79 bits per heavy atom. The van der Waals surface area contributed by atoms with Crippen LogP contribution >= 0.6 is 0 Å². The summed E-state index contributed by atoms with van der Waals surface area (Å²) in [6, 6.07) is 29.4. The summed E-state index contributed by atoms with van der Waals surface area (Å²) in [7, 11) is -1.61. The van der Waals surface area contributed by atoms with Crippen molar-refractivity contribution in [2.45, 2.75) is 51.2 Å². The van der Waals surface area contributed by atoms with Crippen LogP contribution in [0, 0.1) is 6.92 Å². The summed E-state index contributed by atoms with van der Waals surface area (Å²) in [4.78, 5) is 0. The van der Waals surface area contributed by atoms with Gasteiger partial charge in [0.25, 0.3) is 0 Å². The minimum absolute atomic E-state index is 0.0945. The van der Waals surface area contributed by atoms with Gasteiger partial charge in [-0.2, -0.15) is 0 Å². The van der Waals surface area contributed by atoms with Crippen molar-refractivity contribution in [2.24, 2.45) is 0 Å². The molecule has 0 aliphatic heterocycles. The highest BCUT2D eigenvalue weighted by Gasteiger charge is 2.55. The smallest absolute Gasteiger partial charge is 0.0675 e. The van der Waals surface area contributed by atoms with E-state index >= 15 is 0 Å². The molecule has 146 valence electrons. The first kappa shape index (κ1) is 18.6. The van der Waals surface area contributed by atoms with Gasteiger partial charge in [-0.25, -0.2) is 0 Å². The van der Waals surface area contributed by atoms with Crippen LogP contribution in [0.15, 0.2) is 71.9 Å². The molecular weight excluding hydrogens is 364 g/mol. The van der Waals surface area contributed by atoms with Gasteiger partial charge >= 0.3 is 0 Å². The number of allylic oxidation sites excluding steroid dienone is 1. The maximum atomic E-state index is 2.61. The van der Waals surface area contributed by atoms with E-state index in [1.165, 1.54) is 57.1 Å². The van der Waals surface area contributed by atoms with Crippen LogP contribution in [0.2, 0.25) is 18.1 Å². The van der Waals surface area contributed by atoms with Crippen molar-refractivity contribution in [2.75, 3.05) is 0 Å². The van der Waals surface area contributed by atoms with Gasteiger partial charge in [0.05, 0.1) is 13.5 Å². The van der Waals surface area contributed by atoms with Crippen molar-refractivity contribution in [3.05, 3.63) is 99.7 Å². The Morgan fingerprint density at radius 2 is 1.24 bits per heavy atom. The summed E-state index contributed by atoms with van der Waals surface area (Å²) in [5, 5.41) is 1.75. The average Bonchev–Trinajstić information content (AvgIpc) is 3.26. The van der Waals surface area contributed by atoms with Gasteiger partial charge in [-0.1, -0.05) is 122 Å². The molecule has 3 aromatic carbocycles. The van der Waals surface area contributed by atoms with E-state index < -0.39 is 8.07 Å². The van der Waals surface area contributed by atoms with Crippen molar-refractivity contribution in [1.29, 1.82) is 0 Å². The zero-order chi connectivity index (χ0) is 20.2. The first-order chi connectivity index (χ1) is 14.1. The molecule has 0 heterocycles. The second-order valence-corrected chi connectivity index (χ2v) is 14.1. The lowest BCUT2D eigenvalue weighted by Gasteiger charge is -2.42. The molecule has 2 aliphatic carbocycles. The molecule has 0 atom stereocenters. The van der Waals surface area contributed by atoms with Crippen LogP contribution in [0.1, 0.15) is 48.6 Å². The van der Waals surface area contributed by atoms with Gasteiger partial charge in [0.1, 0.15) is 0 Å². The van der Waals surface area contributed by atoms with Crippen molar-refractivity contribution >= 4 is 14.1 Å². The summed E-state index contributed by atoms with van der Waals surface area (Å²) in [6.07, 6.45) is 2.61. The largest absolute Gasteiger partial charge is 0.0828 e. The van der Waals surface area contributed by atoms with Crippen molar-refractivity contribution in [1.82, 2.24) is 0 Å². The van der Waals surface area contributed by atoms with E-state index in [4.69, 9.17) is 0 Å². The molecule has 5 rings (SSSR count). The third-order valence-electron chi connectivity index (χ3n) is 7.87. The third kappa shape index (κ3) is 2.25.